The molecule has 8 heteroatoms. The van der Waals surface area contributed by atoms with Crippen molar-refractivity contribution in [1.29, 1.82) is 5.26 Å². The summed E-state index contributed by atoms with van der Waals surface area (Å²) in [6.45, 7) is 10.6. The van der Waals surface area contributed by atoms with Crippen molar-refractivity contribution in [1.82, 2.24) is 25.4 Å². The predicted octanol–water partition coefficient (Wildman–Crippen LogP) is 3.95. The van der Waals surface area contributed by atoms with Crippen LogP contribution in [0.5, 0.6) is 0 Å². The molecule has 0 radical (unpaired) electrons. The molecule has 0 bridgehead atoms. The second-order valence-electron chi connectivity index (χ2n) is 9.54. The van der Waals surface area contributed by atoms with Gasteiger partial charge in [0.25, 0.3) is 5.91 Å². The van der Waals surface area contributed by atoms with Gasteiger partial charge in [0, 0.05) is 24.8 Å². The number of carbonyl (C=O) groups is 1. The predicted molar refractivity (Wildman–Crippen MR) is 118 cm³/mol. The second kappa shape index (κ2) is 7.92. The Labute approximate surface area is 188 Å². The fourth-order valence-corrected chi connectivity index (χ4v) is 5.49. The Morgan fingerprint density at radius 1 is 1.35 bits per heavy atom. The topological polar surface area (TPSA) is 97.7 Å². The highest BCUT2D eigenvalue weighted by atomic mass is 35.5. The smallest absolute Gasteiger partial charge is 0.271 e. The highest BCUT2D eigenvalue weighted by Crippen LogP contribution is 2.66. The molecule has 1 aliphatic heterocycles. The Kier molecular flexibility index (Phi) is 5.57. The third kappa shape index (κ3) is 3.72. The Hall–Kier alpha value is -2.43. The molecule has 2 fully saturated rings. The molecule has 1 saturated heterocycles. The van der Waals surface area contributed by atoms with Gasteiger partial charge in [0.05, 0.1) is 28.5 Å². The van der Waals surface area contributed by atoms with E-state index in [0.717, 1.165) is 31.6 Å². The number of pyridine rings is 1. The molecule has 4 rings (SSSR count). The average Bonchev–Trinajstić information content (AvgIpc) is 3.09. The quantitative estimate of drug-likeness (QED) is 0.733. The highest BCUT2D eigenvalue weighted by Gasteiger charge is 2.62. The lowest BCUT2D eigenvalue weighted by molar-refractivity contribution is 0.0562. The van der Waals surface area contributed by atoms with Gasteiger partial charge < -0.3 is 5.32 Å². The number of aromatic amines is 1. The minimum atomic E-state index is -0.341. The van der Waals surface area contributed by atoms with E-state index in [1.54, 1.807) is 24.5 Å². The normalized spacial score (nSPS) is 28.5. The van der Waals surface area contributed by atoms with Crippen molar-refractivity contribution in [2.75, 3.05) is 13.1 Å². The summed E-state index contributed by atoms with van der Waals surface area (Å²) >= 11 is 6.15. The van der Waals surface area contributed by atoms with Crippen LogP contribution in [0.3, 0.4) is 0 Å². The fraction of sp³-hybridized carbons (Fsp3) is 0.565. The number of nitrogens with one attached hydrogen (secondary N) is 2. The number of amides is 1. The minimum Gasteiger partial charge on any atom is -0.345 e. The summed E-state index contributed by atoms with van der Waals surface area (Å²) in [5.41, 5.74) is 1.52. The first-order valence-electron chi connectivity index (χ1n) is 10.8. The number of aromatic nitrogens is 3. The van der Waals surface area contributed by atoms with Crippen LogP contribution in [0.2, 0.25) is 5.02 Å². The van der Waals surface area contributed by atoms with Crippen molar-refractivity contribution in [2.45, 2.75) is 52.1 Å². The summed E-state index contributed by atoms with van der Waals surface area (Å²) in [4.78, 5) is 19.3. The molecular formula is C23H29ClN6O. The molecule has 1 saturated carbocycles. The Morgan fingerprint density at radius 2 is 2.03 bits per heavy atom. The van der Waals surface area contributed by atoms with Gasteiger partial charge in [0.1, 0.15) is 11.8 Å². The monoisotopic (exact) mass is 440 g/mol. The van der Waals surface area contributed by atoms with E-state index in [-0.39, 0.29) is 28.6 Å². The number of H-pyrrole nitrogens is 1. The molecule has 7 nitrogen and oxygen atoms in total. The van der Waals surface area contributed by atoms with Crippen molar-refractivity contribution in [2.24, 2.45) is 17.3 Å². The number of rotatable bonds is 5. The van der Waals surface area contributed by atoms with Crippen molar-refractivity contribution in [3.05, 3.63) is 46.5 Å². The molecule has 0 spiro atoms. The molecular weight excluding hydrogens is 412 g/mol. The molecule has 4 atom stereocenters. The van der Waals surface area contributed by atoms with Crippen LogP contribution in [-0.2, 0) is 0 Å². The van der Waals surface area contributed by atoms with Gasteiger partial charge in [-0.05, 0) is 49.1 Å². The van der Waals surface area contributed by atoms with Crippen molar-refractivity contribution < 1.29 is 4.79 Å². The van der Waals surface area contributed by atoms with Crippen molar-refractivity contribution in [3.63, 3.8) is 0 Å². The Morgan fingerprint density at radius 3 is 2.61 bits per heavy atom. The lowest BCUT2D eigenvalue weighted by Gasteiger charge is -2.45. The van der Waals surface area contributed by atoms with Gasteiger partial charge in [-0.25, -0.2) is 4.98 Å². The van der Waals surface area contributed by atoms with Crippen molar-refractivity contribution in [3.8, 4) is 6.07 Å². The van der Waals surface area contributed by atoms with Gasteiger partial charge in [0.2, 0.25) is 0 Å². The first kappa shape index (κ1) is 21.8. The van der Waals surface area contributed by atoms with Crippen LogP contribution >= 0.6 is 11.6 Å². The molecule has 3 unspecified atom stereocenters. The molecule has 3 heterocycles. The van der Waals surface area contributed by atoms with Gasteiger partial charge in [0.15, 0.2) is 0 Å². The molecule has 0 aromatic carbocycles. The van der Waals surface area contributed by atoms with Crippen LogP contribution < -0.4 is 5.32 Å². The van der Waals surface area contributed by atoms with Gasteiger partial charge in [-0.2, -0.15) is 10.4 Å². The van der Waals surface area contributed by atoms with E-state index in [9.17, 15) is 10.1 Å². The van der Waals surface area contributed by atoms with E-state index in [4.69, 9.17) is 11.6 Å². The number of hydrogen-bond acceptors (Lipinski definition) is 5. The molecule has 31 heavy (non-hydrogen) atoms. The van der Waals surface area contributed by atoms with Crippen LogP contribution in [-0.4, -0.2) is 44.6 Å². The summed E-state index contributed by atoms with van der Waals surface area (Å²) in [6, 6.07) is 5.78. The van der Waals surface area contributed by atoms with Crippen LogP contribution in [0.15, 0.2) is 24.5 Å². The first-order chi connectivity index (χ1) is 14.7. The molecule has 2 N–H and O–H groups in total. The number of halogens is 1. The second-order valence-corrected chi connectivity index (χ2v) is 9.95. The molecule has 2 aliphatic rings. The summed E-state index contributed by atoms with van der Waals surface area (Å²) in [7, 11) is 0. The van der Waals surface area contributed by atoms with Crippen LogP contribution in [0.4, 0.5) is 0 Å². The number of nitriles is 1. The lowest BCUT2D eigenvalue weighted by Crippen LogP contribution is -2.54. The SMILES string of the molecule is CC1[C@@H](C)C1(C)C(c1[nH]ncc1C#N)N1CCC(C)(NC(=O)c2ncccc2Cl)CC1. The van der Waals surface area contributed by atoms with E-state index in [0.29, 0.717) is 22.4 Å². The van der Waals surface area contributed by atoms with E-state index >= 15 is 0 Å². The summed E-state index contributed by atoms with van der Waals surface area (Å²) in [5, 5.41) is 20.4. The highest BCUT2D eigenvalue weighted by molar-refractivity contribution is 6.33. The molecule has 2 aromatic heterocycles. The van der Waals surface area contributed by atoms with Gasteiger partial charge >= 0.3 is 0 Å². The third-order valence-electron chi connectivity index (χ3n) is 7.91. The van der Waals surface area contributed by atoms with Crippen molar-refractivity contribution >= 4 is 17.5 Å². The largest absolute Gasteiger partial charge is 0.345 e. The van der Waals surface area contributed by atoms with E-state index < -0.39 is 0 Å². The summed E-state index contributed by atoms with van der Waals surface area (Å²) in [5.74, 6) is 0.883. The number of piperidine rings is 1. The van der Waals surface area contributed by atoms with E-state index in [2.05, 4.69) is 59.2 Å². The lowest BCUT2D eigenvalue weighted by atomic mass is 9.83. The zero-order valence-electron chi connectivity index (χ0n) is 18.4. The number of carbonyl (C=O) groups excluding carboxylic acids is 1. The van der Waals surface area contributed by atoms with E-state index in [1.807, 2.05) is 0 Å². The fourth-order valence-electron chi connectivity index (χ4n) is 5.28. The standard InChI is InChI=1S/C23H29ClN6O/c1-14-15(2)23(14,4)20(18-16(12-25)13-27-29-18)30-10-7-22(3,8-11-30)28-21(31)19-17(24)6-5-9-26-19/h5-6,9,13-15,20H,7-8,10-11H2,1-4H3,(H,27,29)(H,28,31)/t14-,15?,20?,23?/m1/s1. The maximum atomic E-state index is 12.8. The molecule has 164 valence electrons. The Bertz CT molecular complexity index is 1010. The van der Waals surface area contributed by atoms with Crippen LogP contribution in [0.1, 0.15) is 68.3 Å². The third-order valence-corrected chi connectivity index (χ3v) is 8.22. The van der Waals surface area contributed by atoms with Gasteiger partial charge in [-0.15, -0.1) is 0 Å². The Balaban J connectivity index is 1.51. The maximum Gasteiger partial charge on any atom is 0.271 e. The summed E-state index contributed by atoms with van der Waals surface area (Å²) < 4.78 is 0. The molecule has 1 aliphatic carbocycles. The van der Waals surface area contributed by atoms with Gasteiger partial charge in [-0.1, -0.05) is 32.4 Å². The zero-order valence-corrected chi connectivity index (χ0v) is 19.2. The number of nitrogens with zero attached hydrogens (tertiary/aromatic N) is 4. The summed E-state index contributed by atoms with van der Waals surface area (Å²) in [6.07, 6.45) is 4.80. The zero-order chi connectivity index (χ0) is 22.4. The number of likely N-dealkylation sites (tertiary alicyclic amines) is 1. The number of hydrogen-bond donors (Lipinski definition) is 2. The first-order valence-corrected chi connectivity index (χ1v) is 11.2. The van der Waals surface area contributed by atoms with Gasteiger partial charge in [-0.3, -0.25) is 14.8 Å². The molecule has 1 amide bonds. The van der Waals surface area contributed by atoms with Crippen LogP contribution in [0.25, 0.3) is 0 Å². The van der Waals surface area contributed by atoms with Crippen LogP contribution in [0, 0.1) is 28.6 Å². The minimum absolute atomic E-state index is 0.0800. The van der Waals surface area contributed by atoms with E-state index in [1.165, 1.54) is 0 Å². The average molecular weight is 441 g/mol. The maximum absolute atomic E-state index is 12.8. The molecule has 2 aromatic rings.